The van der Waals surface area contributed by atoms with Gasteiger partial charge in [0.25, 0.3) is 0 Å². The minimum Gasteiger partial charge on any atom is -0.468 e. The van der Waals surface area contributed by atoms with Crippen LogP contribution in [0.5, 0.6) is 0 Å². The molecule has 2 aliphatic carbocycles. The summed E-state index contributed by atoms with van der Waals surface area (Å²) in [6, 6.07) is 0. The lowest BCUT2D eigenvalue weighted by atomic mass is 9.61. The maximum Gasteiger partial charge on any atom is 0.317 e. The molecule has 0 aromatic rings. The molecule has 6 heteroatoms. The second kappa shape index (κ2) is 9.70. The van der Waals surface area contributed by atoms with E-state index >= 15 is 0 Å². The van der Waals surface area contributed by atoms with Crippen LogP contribution >= 0.6 is 0 Å². The highest BCUT2D eigenvalue weighted by Gasteiger charge is 2.50. The van der Waals surface area contributed by atoms with Crippen molar-refractivity contribution in [1.29, 1.82) is 0 Å². The first-order valence-electron chi connectivity index (χ1n) is 10.7. The van der Waals surface area contributed by atoms with E-state index < -0.39 is 23.6 Å². The zero-order valence-electron chi connectivity index (χ0n) is 18.6. The van der Waals surface area contributed by atoms with Crippen LogP contribution in [-0.4, -0.2) is 31.3 Å². The maximum absolute atomic E-state index is 13.5. The second-order valence-corrected chi connectivity index (χ2v) is 8.67. The average Bonchev–Trinajstić information content (AvgIpc) is 2.64. The summed E-state index contributed by atoms with van der Waals surface area (Å²) in [5.41, 5.74) is 5.42. The van der Waals surface area contributed by atoms with Gasteiger partial charge in [-0.25, -0.2) is 0 Å². The van der Waals surface area contributed by atoms with Gasteiger partial charge in [0.1, 0.15) is 5.92 Å². The number of rotatable bonds is 7. The molecule has 2 atom stereocenters. The van der Waals surface area contributed by atoms with Crippen molar-refractivity contribution in [3.8, 4) is 0 Å². The lowest BCUT2D eigenvalue weighted by molar-refractivity contribution is -0.152. The maximum atomic E-state index is 13.5. The van der Waals surface area contributed by atoms with Crippen LogP contribution in [0, 0.1) is 17.3 Å². The fraction of sp³-hybridized carbons (Fsp3) is 0.696. The number of esters is 1. The Hall–Kier alpha value is -1.95. The molecule has 1 N–H and O–H groups in total. The second-order valence-electron chi connectivity index (χ2n) is 8.67. The molecule has 0 aromatic heterocycles. The van der Waals surface area contributed by atoms with Gasteiger partial charge in [-0.1, -0.05) is 38.3 Å². The molecule has 0 bridgehead atoms. The Labute approximate surface area is 174 Å². The number of ether oxygens (including phenoxy) is 1. The summed E-state index contributed by atoms with van der Waals surface area (Å²) in [6.07, 6.45) is 4.35. The zero-order valence-corrected chi connectivity index (χ0v) is 18.6. The van der Waals surface area contributed by atoms with Crippen molar-refractivity contribution in [3.05, 3.63) is 22.4 Å². The molecule has 2 aliphatic rings. The van der Waals surface area contributed by atoms with Crippen molar-refractivity contribution in [3.63, 3.8) is 0 Å². The Bertz CT molecular complexity index is 732. The lowest BCUT2D eigenvalue weighted by Gasteiger charge is -2.42. The monoisotopic (exact) mass is 405 g/mol. The molecule has 0 aromatic carbocycles. The Balaban J connectivity index is 2.58. The first-order chi connectivity index (χ1) is 13.7. The summed E-state index contributed by atoms with van der Waals surface area (Å²) in [6.45, 7) is 10.5. The number of allylic oxidation sites excluding steroid dienone is 4. The number of ketones is 2. The van der Waals surface area contributed by atoms with E-state index in [4.69, 9.17) is 9.57 Å². The molecular formula is C23H35NO5. The van der Waals surface area contributed by atoms with Crippen molar-refractivity contribution < 1.29 is 24.0 Å². The lowest BCUT2D eigenvalue weighted by Crippen LogP contribution is -2.45. The number of carbonyl (C=O) groups excluding carboxylic acids is 3. The number of Topliss-reactive ketones (excluding diaryl/α,β-unsaturated/α-hetero) is 2. The van der Waals surface area contributed by atoms with Crippen molar-refractivity contribution in [2.45, 2.75) is 73.1 Å². The predicted molar refractivity (Wildman–Crippen MR) is 111 cm³/mol. The average molecular weight is 406 g/mol. The third-order valence-electron chi connectivity index (χ3n) is 6.13. The van der Waals surface area contributed by atoms with Crippen LogP contribution in [-0.2, 0) is 24.0 Å². The molecule has 1 fully saturated rings. The molecule has 0 heterocycles. The van der Waals surface area contributed by atoms with Gasteiger partial charge in [-0.15, -0.1) is 0 Å². The minimum absolute atomic E-state index is 0.0684. The fourth-order valence-corrected chi connectivity index (χ4v) is 4.98. The predicted octanol–water partition coefficient (Wildman–Crippen LogP) is 4.06. The van der Waals surface area contributed by atoms with Crippen LogP contribution in [0.25, 0.3) is 0 Å². The van der Waals surface area contributed by atoms with E-state index in [0.717, 1.165) is 31.3 Å². The molecule has 29 heavy (non-hydrogen) atoms. The fourth-order valence-electron chi connectivity index (χ4n) is 4.98. The van der Waals surface area contributed by atoms with Crippen molar-refractivity contribution in [2.24, 2.45) is 17.3 Å². The van der Waals surface area contributed by atoms with E-state index in [9.17, 15) is 14.4 Å². The van der Waals surface area contributed by atoms with Gasteiger partial charge in [0.2, 0.25) is 0 Å². The largest absolute Gasteiger partial charge is 0.468 e. The first-order valence-corrected chi connectivity index (χ1v) is 10.7. The van der Waals surface area contributed by atoms with Gasteiger partial charge in [0.05, 0.1) is 25.0 Å². The Morgan fingerprint density at radius 2 is 1.93 bits per heavy atom. The number of hydroxylamine groups is 1. The molecule has 2 rings (SSSR count). The van der Waals surface area contributed by atoms with Crippen LogP contribution in [0.4, 0.5) is 0 Å². The molecule has 162 valence electrons. The van der Waals surface area contributed by atoms with E-state index in [1.807, 2.05) is 13.8 Å². The summed E-state index contributed by atoms with van der Waals surface area (Å²) in [7, 11) is 1.30. The van der Waals surface area contributed by atoms with Crippen LogP contribution < -0.4 is 5.48 Å². The summed E-state index contributed by atoms with van der Waals surface area (Å²) in [5.74, 6) is -2.69. The Morgan fingerprint density at radius 1 is 1.24 bits per heavy atom. The topological polar surface area (TPSA) is 81.7 Å². The van der Waals surface area contributed by atoms with Gasteiger partial charge in [0.15, 0.2) is 11.6 Å². The minimum atomic E-state index is -0.995. The molecule has 0 radical (unpaired) electrons. The van der Waals surface area contributed by atoms with Gasteiger partial charge in [0, 0.05) is 12.3 Å². The first kappa shape index (κ1) is 23.3. The highest BCUT2D eigenvalue weighted by atomic mass is 16.6. The summed E-state index contributed by atoms with van der Waals surface area (Å²) >= 11 is 0. The summed E-state index contributed by atoms with van der Waals surface area (Å²) in [5, 5.41) is 0. The Kier molecular flexibility index (Phi) is 7.80. The number of methoxy groups -OCH3 is 1. The van der Waals surface area contributed by atoms with Crippen LogP contribution in [0.1, 0.15) is 73.1 Å². The summed E-state index contributed by atoms with van der Waals surface area (Å²) in [4.78, 5) is 44.7. The normalized spacial score (nSPS) is 26.4. The van der Waals surface area contributed by atoms with Crippen LogP contribution in [0.3, 0.4) is 0 Å². The molecule has 0 spiro atoms. The Morgan fingerprint density at radius 3 is 2.48 bits per heavy atom. The van der Waals surface area contributed by atoms with E-state index in [-0.39, 0.29) is 23.2 Å². The molecule has 2 unspecified atom stereocenters. The van der Waals surface area contributed by atoms with Crippen LogP contribution in [0.2, 0.25) is 0 Å². The van der Waals surface area contributed by atoms with Gasteiger partial charge in [-0.2, -0.15) is 0 Å². The number of hydrogen-bond acceptors (Lipinski definition) is 6. The highest BCUT2D eigenvalue weighted by Crippen LogP contribution is 2.49. The molecule has 0 saturated heterocycles. The highest BCUT2D eigenvalue weighted by molar-refractivity contribution is 6.27. The van der Waals surface area contributed by atoms with E-state index in [0.29, 0.717) is 18.7 Å². The van der Waals surface area contributed by atoms with Gasteiger partial charge >= 0.3 is 5.97 Å². The molecule has 0 aliphatic heterocycles. The van der Waals surface area contributed by atoms with E-state index in [1.54, 1.807) is 0 Å². The van der Waals surface area contributed by atoms with Crippen molar-refractivity contribution in [2.75, 3.05) is 13.7 Å². The number of nitrogens with one attached hydrogen (secondary N) is 1. The number of carbonyl (C=O) groups is 3. The van der Waals surface area contributed by atoms with Crippen LogP contribution in [0.15, 0.2) is 22.4 Å². The van der Waals surface area contributed by atoms with Gasteiger partial charge in [-0.05, 0) is 44.9 Å². The third kappa shape index (κ3) is 4.80. The SMILES string of the molecule is CCCC(NOCC)=C1C(=O)CC(C2=C(C)CCCC2(C)C)C(C(=O)OC)C1=O. The zero-order chi connectivity index (χ0) is 21.8. The van der Waals surface area contributed by atoms with Gasteiger partial charge < -0.3 is 4.74 Å². The smallest absolute Gasteiger partial charge is 0.317 e. The third-order valence-corrected chi connectivity index (χ3v) is 6.13. The molecule has 1 saturated carbocycles. The van der Waals surface area contributed by atoms with E-state index in [1.165, 1.54) is 12.7 Å². The standard InChI is InChI=1S/C23H35NO5/c1-7-10-16(24-29-8-2)19-17(25)13-15(18(21(19)26)22(27)28-6)20-14(3)11-9-12-23(20,4)5/h15,18,24H,7-13H2,1-6H3. The quantitative estimate of drug-likeness (QED) is 0.172. The molecule has 0 amide bonds. The number of hydrogen-bond donors (Lipinski definition) is 1. The van der Waals surface area contributed by atoms with E-state index in [2.05, 4.69) is 26.3 Å². The molecule has 6 nitrogen and oxygen atoms in total. The van der Waals surface area contributed by atoms with Crippen molar-refractivity contribution >= 4 is 17.5 Å². The molecular weight excluding hydrogens is 370 g/mol. The summed E-state index contributed by atoms with van der Waals surface area (Å²) < 4.78 is 5.02. The van der Waals surface area contributed by atoms with Crippen molar-refractivity contribution in [1.82, 2.24) is 5.48 Å². The van der Waals surface area contributed by atoms with Gasteiger partial charge in [-0.3, -0.25) is 24.7 Å².